The normalized spacial score (nSPS) is 10.2. The number of nitrogens with zero attached hydrogens (tertiary/aromatic N) is 1. The van der Waals surface area contributed by atoms with Gasteiger partial charge in [-0.05, 0) is 29.3 Å². The van der Waals surface area contributed by atoms with E-state index in [4.69, 9.17) is 0 Å². The largest absolute Gasteiger partial charge is 0.378 e. The third kappa shape index (κ3) is 2.22. The highest BCUT2D eigenvalue weighted by Crippen LogP contribution is 2.22. The van der Waals surface area contributed by atoms with Gasteiger partial charge in [-0.15, -0.1) is 0 Å². The third-order valence-corrected chi connectivity index (χ3v) is 2.48. The van der Waals surface area contributed by atoms with Gasteiger partial charge < -0.3 is 4.90 Å². The lowest BCUT2D eigenvalue weighted by molar-refractivity contribution is 0.626. The van der Waals surface area contributed by atoms with Crippen LogP contribution < -0.4 is 4.90 Å². The fraction of sp³-hybridized carbons (Fsp3) is 0.143. The standard InChI is InChI=1S/C14H13FN/c1-16(2)14-8-6-11(7-9-14)12-4-3-5-13(15)10-12/h3-4,6-10H,1-2H3. The van der Waals surface area contributed by atoms with Crippen LogP contribution in [0.1, 0.15) is 0 Å². The van der Waals surface area contributed by atoms with E-state index in [1.165, 1.54) is 6.07 Å². The molecule has 0 aliphatic heterocycles. The molecule has 0 bridgehead atoms. The number of benzene rings is 2. The summed E-state index contributed by atoms with van der Waals surface area (Å²) in [5, 5.41) is 0. The van der Waals surface area contributed by atoms with Crippen molar-refractivity contribution in [2.45, 2.75) is 0 Å². The molecule has 0 amide bonds. The quantitative estimate of drug-likeness (QED) is 0.741. The summed E-state index contributed by atoms with van der Waals surface area (Å²) < 4.78 is 13.0. The zero-order chi connectivity index (χ0) is 11.5. The predicted molar refractivity (Wildman–Crippen MR) is 65.0 cm³/mol. The molecule has 2 heteroatoms. The molecule has 0 unspecified atom stereocenters. The summed E-state index contributed by atoms with van der Waals surface area (Å²) >= 11 is 0. The maximum absolute atomic E-state index is 13.0. The highest BCUT2D eigenvalue weighted by Gasteiger charge is 2.00. The number of halogens is 1. The summed E-state index contributed by atoms with van der Waals surface area (Å²) in [4.78, 5) is 2.03. The Labute approximate surface area is 95.1 Å². The van der Waals surface area contributed by atoms with Gasteiger partial charge in [-0.25, -0.2) is 4.39 Å². The number of hydrogen-bond donors (Lipinski definition) is 0. The molecule has 0 aliphatic rings. The van der Waals surface area contributed by atoms with Crippen molar-refractivity contribution in [3.8, 4) is 11.1 Å². The summed E-state index contributed by atoms with van der Waals surface area (Å²) in [7, 11) is 3.98. The first kappa shape index (κ1) is 10.7. The molecule has 0 aromatic heterocycles. The fourth-order valence-electron chi connectivity index (χ4n) is 1.57. The summed E-state index contributed by atoms with van der Waals surface area (Å²) in [5.74, 6) is -0.325. The van der Waals surface area contributed by atoms with Gasteiger partial charge in [0.25, 0.3) is 0 Å². The third-order valence-electron chi connectivity index (χ3n) is 2.48. The maximum Gasteiger partial charge on any atom is 0.131 e. The van der Waals surface area contributed by atoms with E-state index >= 15 is 0 Å². The highest BCUT2D eigenvalue weighted by atomic mass is 19.1. The van der Waals surface area contributed by atoms with Crippen LogP contribution in [-0.2, 0) is 0 Å². The number of anilines is 1. The van der Waals surface area contributed by atoms with Gasteiger partial charge in [0, 0.05) is 25.8 Å². The van der Waals surface area contributed by atoms with E-state index in [9.17, 15) is 4.39 Å². The second-order valence-electron chi connectivity index (χ2n) is 3.87. The van der Waals surface area contributed by atoms with Crippen molar-refractivity contribution in [3.63, 3.8) is 0 Å². The van der Waals surface area contributed by atoms with E-state index < -0.39 is 0 Å². The molecule has 0 atom stereocenters. The predicted octanol–water partition coefficient (Wildman–Crippen LogP) is 3.36. The van der Waals surface area contributed by atoms with Crippen LogP contribution in [0.3, 0.4) is 0 Å². The lowest BCUT2D eigenvalue weighted by Gasteiger charge is -2.12. The number of rotatable bonds is 2. The van der Waals surface area contributed by atoms with E-state index in [-0.39, 0.29) is 5.82 Å². The van der Waals surface area contributed by atoms with Gasteiger partial charge in [0.2, 0.25) is 0 Å². The fourth-order valence-corrected chi connectivity index (χ4v) is 1.57. The Bertz CT molecular complexity index is 474. The van der Waals surface area contributed by atoms with Gasteiger partial charge in [0.15, 0.2) is 0 Å². The molecule has 0 spiro atoms. The van der Waals surface area contributed by atoms with E-state index in [0.29, 0.717) is 0 Å². The molecule has 0 heterocycles. The van der Waals surface area contributed by atoms with Crippen molar-refractivity contribution in [1.82, 2.24) is 0 Å². The van der Waals surface area contributed by atoms with Crippen LogP contribution in [0.2, 0.25) is 0 Å². The lowest BCUT2D eigenvalue weighted by atomic mass is 10.1. The molecule has 2 aromatic rings. The summed E-state index contributed by atoms with van der Waals surface area (Å²) in [6.45, 7) is 0. The van der Waals surface area contributed by atoms with E-state index in [0.717, 1.165) is 16.8 Å². The smallest absolute Gasteiger partial charge is 0.131 e. The summed E-state index contributed by atoms with van der Waals surface area (Å²) in [5.41, 5.74) is 3.02. The Morgan fingerprint density at radius 3 is 2.25 bits per heavy atom. The summed E-state index contributed by atoms with van der Waals surface area (Å²) in [6.07, 6.45) is 0. The van der Waals surface area contributed by atoms with Gasteiger partial charge in [-0.2, -0.15) is 0 Å². The Morgan fingerprint density at radius 2 is 1.69 bits per heavy atom. The molecular formula is C14H13FN. The SMILES string of the molecule is CN(C)c1ccc(-c2cc[c]c(F)c2)cc1. The topological polar surface area (TPSA) is 3.24 Å². The van der Waals surface area contributed by atoms with Gasteiger partial charge in [-0.3, -0.25) is 0 Å². The van der Waals surface area contributed by atoms with Crippen LogP contribution in [0.25, 0.3) is 11.1 Å². The minimum atomic E-state index is -0.325. The van der Waals surface area contributed by atoms with Crippen LogP contribution in [0.5, 0.6) is 0 Å². The van der Waals surface area contributed by atoms with Gasteiger partial charge in [0.1, 0.15) is 5.82 Å². The first-order valence-electron chi connectivity index (χ1n) is 5.12. The molecule has 0 aliphatic carbocycles. The lowest BCUT2D eigenvalue weighted by Crippen LogP contribution is -2.07. The molecule has 16 heavy (non-hydrogen) atoms. The van der Waals surface area contributed by atoms with Crippen molar-refractivity contribution in [2.24, 2.45) is 0 Å². The zero-order valence-electron chi connectivity index (χ0n) is 9.37. The Kier molecular flexibility index (Phi) is 2.91. The van der Waals surface area contributed by atoms with Crippen molar-refractivity contribution in [2.75, 3.05) is 19.0 Å². The van der Waals surface area contributed by atoms with Crippen molar-refractivity contribution in [3.05, 3.63) is 54.3 Å². The molecule has 81 valence electrons. The van der Waals surface area contributed by atoms with Gasteiger partial charge in [0.05, 0.1) is 0 Å². The number of hydrogen-bond acceptors (Lipinski definition) is 1. The van der Waals surface area contributed by atoms with Crippen molar-refractivity contribution < 1.29 is 4.39 Å². The van der Waals surface area contributed by atoms with Crippen LogP contribution in [0.4, 0.5) is 10.1 Å². The molecule has 0 N–H and O–H groups in total. The zero-order valence-corrected chi connectivity index (χ0v) is 9.37. The molecule has 0 fully saturated rings. The second-order valence-corrected chi connectivity index (χ2v) is 3.87. The monoisotopic (exact) mass is 214 g/mol. The molecule has 1 radical (unpaired) electrons. The first-order chi connectivity index (χ1) is 7.66. The molecular weight excluding hydrogens is 201 g/mol. The van der Waals surface area contributed by atoms with Crippen LogP contribution in [0, 0.1) is 11.9 Å². The van der Waals surface area contributed by atoms with E-state index in [1.54, 1.807) is 6.07 Å². The Hall–Kier alpha value is -1.83. The highest BCUT2D eigenvalue weighted by molar-refractivity contribution is 5.66. The van der Waals surface area contributed by atoms with Crippen LogP contribution in [-0.4, -0.2) is 14.1 Å². The first-order valence-corrected chi connectivity index (χ1v) is 5.12. The molecule has 2 rings (SSSR count). The average molecular weight is 214 g/mol. The average Bonchev–Trinajstić information content (AvgIpc) is 2.29. The maximum atomic E-state index is 13.0. The van der Waals surface area contributed by atoms with Crippen molar-refractivity contribution in [1.29, 1.82) is 0 Å². The second kappa shape index (κ2) is 4.35. The molecule has 2 aromatic carbocycles. The van der Waals surface area contributed by atoms with Gasteiger partial charge in [-0.1, -0.05) is 24.3 Å². The molecule has 1 nitrogen and oxygen atoms in total. The minimum Gasteiger partial charge on any atom is -0.378 e. The van der Waals surface area contributed by atoms with Crippen LogP contribution >= 0.6 is 0 Å². The Morgan fingerprint density at radius 1 is 1.00 bits per heavy atom. The minimum absolute atomic E-state index is 0.325. The molecule has 0 saturated heterocycles. The van der Waals surface area contributed by atoms with Gasteiger partial charge >= 0.3 is 0 Å². The van der Waals surface area contributed by atoms with E-state index in [1.807, 2.05) is 49.3 Å². The van der Waals surface area contributed by atoms with Crippen LogP contribution in [0.15, 0.2) is 42.5 Å². The summed E-state index contributed by atoms with van der Waals surface area (Å²) in [6, 6.07) is 15.5. The molecule has 0 saturated carbocycles. The Balaban J connectivity index is 2.35. The van der Waals surface area contributed by atoms with E-state index in [2.05, 4.69) is 6.07 Å². The van der Waals surface area contributed by atoms with Crippen molar-refractivity contribution >= 4 is 5.69 Å².